The fraction of sp³-hybridized carbons (Fsp3) is 0.286. The number of aromatic nitrogens is 3. The van der Waals surface area contributed by atoms with Gasteiger partial charge in [0.25, 0.3) is 11.8 Å². The van der Waals surface area contributed by atoms with Gasteiger partial charge in [-0.15, -0.1) is 0 Å². The first-order valence-corrected chi connectivity index (χ1v) is 12.8. The predicted octanol–water partition coefficient (Wildman–Crippen LogP) is 5.19. The summed E-state index contributed by atoms with van der Waals surface area (Å²) < 4.78 is 11.5. The molecule has 0 radical (unpaired) electrons. The van der Waals surface area contributed by atoms with E-state index >= 15 is 0 Å². The number of benzene rings is 2. The van der Waals surface area contributed by atoms with Gasteiger partial charge in [-0.2, -0.15) is 0 Å². The Kier molecular flexibility index (Phi) is 6.26. The fourth-order valence-electron chi connectivity index (χ4n) is 5.03. The molecule has 0 spiro atoms. The number of nitrogens with one attached hydrogen (secondary N) is 2. The van der Waals surface area contributed by atoms with Gasteiger partial charge in [-0.3, -0.25) is 4.79 Å². The van der Waals surface area contributed by atoms with E-state index in [1.165, 1.54) is 0 Å². The smallest absolute Gasteiger partial charge is 0.257 e. The van der Waals surface area contributed by atoms with Crippen molar-refractivity contribution < 1.29 is 14.3 Å². The number of hydrogen-bond donors (Lipinski definition) is 2. The molecular formula is C28H26ClN5O3. The van der Waals surface area contributed by atoms with Crippen molar-refractivity contribution in [3.05, 3.63) is 71.0 Å². The minimum absolute atomic E-state index is 0.0721. The molecule has 1 amide bonds. The predicted molar refractivity (Wildman–Crippen MR) is 142 cm³/mol. The Morgan fingerprint density at radius 2 is 1.86 bits per heavy atom. The lowest BCUT2D eigenvalue weighted by molar-refractivity contribution is 0.0938. The van der Waals surface area contributed by atoms with Gasteiger partial charge in [-0.25, -0.2) is 15.0 Å². The fourth-order valence-corrected chi connectivity index (χ4v) is 5.25. The van der Waals surface area contributed by atoms with Gasteiger partial charge in [0, 0.05) is 29.2 Å². The first kappa shape index (κ1) is 23.5. The van der Waals surface area contributed by atoms with E-state index in [4.69, 9.17) is 31.0 Å². The standard InChI is InChI=1S/C28H26ClN5O3/c1-16-22-14-17(20-10-11-30-27-25(20)36-12-13-37-27)6-9-24(22)34-28(31-16)33-19-8-7-18(15-19)32-26(35)21-4-2-3-5-23(21)29/h2-6,9-11,14,18-19H,7-8,12-13,15H2,1H3,(H,32,35)(H,31,33,34)/t18-,19+/m0/s1. The van der Waals surface area contributed by atoms with Crippen LogP contribution in [-0.2, 0) is 0 Å². The second kappa shape index (κ2) is 9.86. The van der Waals surface area contributed by atoms with E-state index in [1.807, 2.05) is 37.3 Å². The van der Waals surface area contributed by atoms with Crippen molar-refractivity contribution in [3.63, 3.8) is 0 Å². The second-order valence-electron chi connectivity index (χ2n) is 9.36. The van der Waals surface area contributed by atoms with Crippen LogP contribution in [0.5, 0.6) is 11.6 Å². The summed E-state index contributed by atoms with van der Waals surface area (Å²) in [6.07, 6.45) is 4.33. The molecule has 2 N–H and O–H groups in total. The first-order chi connectivity index (χ1) is 18.0. The van der Waals surface area contributed by atoms with Crippen LogP contribution in [0.15, 0.2) is 54.7 Å². The van der Waals surface area contributed by atoms with E-state index in [9.17, 15) is 4.79 Å². The van der Waals surface area contributed by atoms with Gasteiger partial charge in [-0.1, -0.05) is 29.8 Å². The van der Waals surface area contributed by atoms with Crippen LogP contribution in [0.25, 0.3) is 22.0 Å². The molecule has 37 heavy (non-hydrogen) atoms. The summed E-state index contributed by atoms with van der Waals surface area (Å²) in [7, 11) is 0. The number of ether oxygens (including phenoxy) is 2. The summed E-state index contributed by atoms with van der Waals surface area (Å²) in [5.41, 5.74) is 4.18. The van der Waals surface area contributed by atoms with Gasteiger partial charge < -0.3 is 20.1 Å². The van der Waals surface area contributed by atoms with E-state index in [0.717, 1.165) is 47.0 Å². The lowest BCUT2D eigenvalue weighted by atomic mass is 10.0. The zero-order valence-corrected chi connectivity index (χ0v) is 21.1. The third-order valence-electron chi connectivity index (χ3n) is 6.86. The highest BCUT2D eigenvalue weighted by Gasteiger charge is 2.27. The van der Waals surface area contributed by atoms with E-state index in [2.05, 4.69) is 21.7 Å². The molecule has 2 aromatic heterocycles. The maximum atomic E-state index is 12.6. The largest absolute Gasteiger partial charge is 0.484 e. The van der Waals surface area contributed by atoms with Crippen LogP contribution >= 0.6 is 11.6 Å². The maximum Gasteiger partial charge on any atom is 0.257 e. The van der Waals surface area contributed by atoms with Gasteiger partial charge >= 0.3 is 0 Å². The highest BCUT2D eigenvalue weighted by Crippen LogP contribution is 2.39. The molecule has 2 atom stereocenters. The molecule has 0 bridgehead atoms. The van der Waals surface area contributed by atoms with Crippen LogP contribution in [0.2, 0.25) is 5.02 Å². The lowest BCUT2D eigenvalue weighted by Gasteiger charge is -2.20. The Hall–Kier alpha value is -3.91. The Bertz CT molecular complexity index is 1490. The zero-order valence-electron chi connectivity index (χ0n) is 20.3. The van der Waals surface area contributed by atoms with Crippen molar-refractivity contribution in [2.75, 3.05) is 18.5 Å². The summed E-state index contributed by atoms with van der Waals surface area (Å²) in [6.45, 7) is 2.99. The summed E-state index contributed by atoms with van der Waals surface area (Å²) in [4.78, 5) is 26.4. The summed E-state index contributed by atoms with van der Waals surface area (Å²) >= 11 is 6.17. The lowest BCUT2D eigenvalue weighted by Crippen LogP contribution is -2.34. The quantitative estimate of drug-likeness (QED) is 0.377. The normalized spacial score (nSPS) is 18.5. The number of halogens is 1. The van der Waals surface area contributed by atoms with Crippen molar-refractivity contribution in [3.8, 4) is 22.8 Å². The van der Waals surface area contributed by atoms with E-state index in [1.54, 1.807) is 18.3 Å². The molecule has 0 unspecified atom stereocenters. The molecule has 1 saturated carbocycles. The minimum atomic E-state index is -0.141. The first-order valence-electron chi connectivity index (χ1n) is 12.4. The SMILES string of the molecule is Cc1nc(N[C@@H]2CC[C@H](NC(=O)c3ccccc3Cl)C2)nc2ccc(-c3ccnc4c3OCCO4)cc12. The van der Waals surface area contributed by atoms with Gasteiger partial charge in [0.2, 0.25) is 5.95 Å². The molecule has 6 rings (SSSR count). The van der Waals surface area contributed by atoms with Crippen LogP contribution < -0.4 is 20.1 Å². The number of rotatable bonds is 5. The molecule has 0 saturated heterocycles. The van der Waals surface area contributed by atoms with Crippen LogP contribution in [-0.4, -0.2) is 46.2 Å². The van der Waals surface area contributed by atoms with Crippen molar-refractivity contribution in [2.45, 2.75) is 38.3 Å². The average Bonchev–Trinajstić information content (AvgIpc) is 3.35. The molecule has 188 valence electrons. The van der Waals surface area contributed by atoms with Crippen molar-refractivity contribution in [1.82, 2.24) is 20.3 Å². The van der Waals surface area contributed by atoms with Crippen LogP contribution in [0.4, 0.5) is 5.95 Å². The molecule has 1 aliphatic heterocycles. The Labute approximate surface area is 219 Å². The third-order valence-corrected chi connectivity index (χ3v) is 7.19. The summed E-state index contributed by atoms with van der Waals surface area (Å²) in [5.74, 6) is 1.65. The molecular weight excluding hydrogens is 490 g/mol. The van der Waals surface area contributed by atoms with Crippen LogP contribution in [0.1, 0.15) is 35.3 Å². The van der Waals surface area contributed by atoms with E-state index in [-0.39, 0.29) is 18.0 Å². The number of carbonyl (C=O) groups excluding carboxylic acids is 1. The average molecular weight is 516 g/mol. The molecule has 1 fully saturated rings. The molecule has 1 aliphatic carbocycles. The monoisotopic (exact) mass is 515 g/mol. The molecule has 9 heteroatoms. The van der Waals surface area contributed by atoms with Gasteiger partial charge in [0.15, 0.2) is 5.75 Å². The Morgan fingerprint density at radius 3 is 2.76 bits per heavy atom. The number of fused-ring (bicyclic) bond motifs is 2. The number of anilines is 1. The number of hydrogen-bond acceptors (Lipinski definition) is 7. The number of pyridine rings is 1. The molecule has 4 aromatic rings. The van der Waals surface area contributed by atoms with Gasteiger partial charge in [0.05, 0.1) is 21.8 Å². The molecule has 3 heterocycles. The summed E-state index contributed by atoms with van der Waals surface area (Å²) in [6, 6.07) is 15.4. The highest BCUT2D eigenvalue weighted by molar-refractivity contribution is 6.33. The number of amides is 1. The topological polar surface area (TPSA) is 98.3 Å². The Balaban J connectivity index is 1.16. The number of aryl methyl sites for hydroxylation is 1. The summed E-state index contributed by atoms with van der Waals surface area (Å²) in [5, 5.41) is 8.01. The molecule has 2 aromatic carbocycles. The van der Waals surface area contributed by atoms with Crippen molar-refractivity contribution in [1.29, 1.82) is 0 Å². The maximum absolute atomic E-state index is 12.6. The molecule has 8 nitrogen and oxygen atoms in total. The minimum Gasteiger partial charge on any atom is -0.484 e. The number of carbonyl (C=O) groups is 1. The van der Waals surface area contributed by atoms with Gasteiger partial charge in [-0.05, 0) is 62.1 Å². The third kappa shape index (κ3) is 4.76. The second-order valence-corrected chi connectivity index (χ2v) is 9.77. The van der Waals surface area contributed by atoms with Gasteiger partial charge in [0.1, 0.15) is 13.2 Å². The van der Waals surface area contributed by atoms with E-state index < -0.39 is 0 Å². The van der Waals surface area contributed by atoms with Crippen LogP contribution in [0.3, 0.4) is 0 Å². The molecule has 2 aliphatic rings. The number of nitrogens with zero attached hydrogens (tertiary/aromatic N) is 3. The van der Waals surface area contributed by atoms with Crippen LogP contribution in [0, 0.1) is 6.92 Å². The zero-order chi connectivity index (χ0) is 25.4. The van der Waals surface area contributed by atoms with Crippen molar-refractivity contribution >= 4 is 34.4 Å². The Morgan fingerprint density at radius 1 is 1.03 bits per heavy atom. The highest BCUT2D eigenvalue weighted by atomic mass is 35.5. The van der Waals surface area contributed by atoms with Crippen molar-refractivity contribution in [2.24, 2.45) is 0 Å². The van der Waals surface area contributed by atoms with E-state index in [0.29, 0.717) is 41.4 Å².